The van der Waals surface area contributed by atoms with Crippen molar-refractivity contribution in [2.45, 2.75) is 20.3 Å². The van der Waals surface area contributed by atoms with E-state index in [1.165, 1.54) is 12.4 Å². The van der Waals surface area contributed by atoms with Crippen molar-refractivity contribution in [2.24, 2.45) is 5.92 Å². The van der Waals surface area contributed by atoms with Crippen LogP contribution in [0, 0.1) is 5.92 Å². The number of hydrogen-bond donors (Lipinski definition) is 1. The van der Waals surface area contributed by atoms with Gasteiger partial charge in [-0.3, -0.25) is 4.79 Å². The van der Waals surface area contributed by atoms with E-state index in [2.05, 4.69) is 23.8 Å². The van der Waals surface area contributed by atoms with E-state index in [4.69, 9.17) is 5.73 Å². The van der Waals surface area contributed by atoms with Crippen LogP contribution in [0.1, 0.15) is 30.8 Å². The van der Waals surface area contributed by atoms with E-state index >= 15 is 0 Å². The molecule has 5 heteroatoms. The van der Waals surface area contributed by atoms with Crippen LogP contribution in [0.2, 0.25) is 0 Å². The molecule has 0 radical (unpaired) electrons. The Labute approximate surface area is 95.7 Å². The molecule has 1 amide bonds. The first-order chi connectivity index (χ1) is 7.54. The summed E-state index contributed by atoms with van der Waals surface area (Å²) in [6, 6.07) is 0. The molecule has 1 heterocycles. The Morgan fingerprint density at radius 2 is 2.19 bits per heavy atom. The van der Waals surface area contributed by atoms with Gasteiger partial charge < -0.3 is 10.6 Å². The van der Waals surface area contributed by atoms with Gasteiger partial charge in [-0.15, -0.1) is 0 Å². The molecule has 0 aliphatic rings. The van der Waals surface area contributed by atoms with Gasteiger partial charge in [-0.05, 0) is 5.92 Å². The third-order valence-electron chi connectivity index (χ3n) is 2.52. The maximum Gasteiger partial charge on any atom is 0.273 e. The largest absolute Gasteiger partial charge is 0.382 e. The maximum absolute atomic E-state index is 11.9. The van der Waals surface area contributed by atoms with Crippen molar-refractivity contribution < 1.29 is 4.79 Å². The van der Waals surface area contributed by atoms with Gasteiger partial charge in [-0.1, -0.05) is 20.3 Å². The lowest BCUT2D eigenvalue weighted by Gasteiger charge is -2.20. The van der Waals surface area contributed by atoms with E-state index in [1.54, 1.807) is 11.9 Å². The lowest BCUT2D eigenvalue weighted by molar-refractivity contribution is 0.0768. The van der Waals surface area contributed by atoms with Crippen molar-refractivity contribution in [1.29, 1.82) is 0 Å². The predicted molar refractivity (Wildman–Crippen MR) is 62.9 cm³/mol. The van der Waals surface area contributed by atoms with Crippen molar-refractivity contribution in [2.75, 3.05) is 19.3 Å². The second-order valence-corrected chi connectivity index (χ2v) is 4.03. The smallest absolute Gasteiger partial charge is 0.273 e. The molecule has 0 spiro atoms. The molecule has 0 fully saturated rings. The van der Waals surface area contributed by atoms with Gasteiger partial charge in [0.2, 0.25) is 0 Å². The third kappa shape index (κ3) is 3.18. The minimum atomic E-state index is -0.118. The molecular formula is C11H18N4O. The summed E-state index contributed by atoms with van der Waals surface area (Å²) in [5.74, 6) is 0.685. The zero-order valence-corrected chi connectivity index (χ0v) is 9.97. The SMILES string of the molecule is CCC(C)CN(C)C(=O)c1cnc(N)cn1. The summed E-state index contributed by atoms with van der Waals surface area (Å²) in [5.41, 5.74) is 5.74. The van der Waals surface area contributed by atoms with Crippen molar-refractivity contribution in [3.8, 4) is 0 Å². The van der Waals surface area contributed by atoms with Crippen LogP contribution < -0.4 is 5.73 Å². The lowest BCUT2D eigenvalue weighted by Crippen LogP contribution is -2.31. The molecule has 0 aliphatic carbocycles. The van der Waals surface area contributed by atoms with Crippen LogP contribution in [0.4, 0.5) is 5.82 Å². The summed E-state index contributed by atoms with van der Waals surface area (Å²) in [7, 11) is 1.77. The topological polar surface area (TPSA) is 72.1 Å². The summed E-state index contributed by atoms with van der Waals surface area (Å²) >= 11 is 0. The fourth-order valence-electron chi connectivity index (χ4n) is 1.32. The number of carbonyl (C=O) groups is 1. The summed E-state index contributed by atoms with van der Waals surface area (Å²) in [4.78, 5) is 21.4. The molecule has 0 aliphatic heterocycles. The summed E-state index contributed by atoms with van der Waals surface area (Å²) in [6.45, 7) is 4.94. The van der Waals surface area contributed by atoms with E-state index in [9.17, 15) is 4.79 Å². The van der Waals surface area contributed by atoms with Gasteiger partial charge >= 0.3 is 0 Å². The minimum absolute atomic E-state index is 0.118. The number of nitrogens with two attached hydrogens (primary N) is 1. The van der Waals surface area contributed by atoms with E-state index in [1.807, 2.05) is 0 Å². The van der Waals surface area contributed by atoms with Gasteiger partial charge in [0.05, 0.1) is 12.4 Å². The first-order valence-corrected chi connectivity index (χ1v) is 5.37. The fourth-order valence-corrected chi connectivity index (χ4v) is 1.32. The van der Waals surface area contributed by atoms with Gasteiger partial charge in [-0.25, -0.2) is 9.97 Å². The summed E-state index contributed by atoms with van der Waals surface area (Å²) in [5, 5.41) is 0. The highest BCUT2D eigenvalue weighted by atomic mass is 16.2. The van der Waals surface area contributed by atoms with Gasteiger partial charge in [0.25, 0.3) is 5.91 Å². The predicted octanol–water partition coefficient (Wildman–Crippen LogP) is 1.18. The normalized spacial score (nSPS) is 12.2. The first kappa shape index (κ1) is 12.4. The number of anilines is 1. The Bertz CT molecular complexity index is 350. The van der Waals surface area contributed by atoms with E-state index in [0.717, 1.165) is 13.0 Å². The van der Waals surface area contributed by atoms with E-state index < -0.39 is 0 Å². The molecule has 0 aromatic carbocycles. The summed E-state index contributed by atoms with van der Waals surface area (Å²) < 4.78 is 0. The average Bonchev–Trinajstić information content (AvgIpc) is 2.28. The molecule has 0 saturated carbocycles. The molecule has 1 aromatic heterocycles. The molecule has 16 heavy (non-hydrogen) atoms. The number of hydrogen-bond acceptors (Lipinski definition) is 4. The molecule has 1 atom stereocenters. The number of rotatable bonds is 4. The zero-order valence-electron chi connectivity index (χ0n) is 9.97. The Morgan fingerprint density at radius 3 is 2.69 bits per heavy atom. The van der Waals surface area contributed by atoms with Crippen molar-refractivity contribution in [3.63, 3.8) is 0 Å². The summed E-state index contributed by atoms with van der Waals surface area (Å²) in [6.07, 6.45) is 3.85. The lowest BCUT2D eigenvalue weighted by atomic mass is 10.1. The van der Waals surface area contributed by atoms with Crippen LogP contribution in [0.25, 0.3) is 0 Å². The number of amides is 1. The number of carbonyl (C=O) groups excluding carboxylic acids is 1. The van der Waals surface area contributed by atoms with Crippen LogP contribution in [-0.2, 0) is 0 Å². The van der Waals surface area contributed by atoms with Crippen LogP contribution in [0.5, 0.6) is 0 Å². The quantitative estimate of drug-likeness (QED) is 0.830. The molecule has 0 bridgehead atoms. The van der Waals surface area contributed by atoms with Crippen LogP contribution in [0.15, 0.2) is 12.4 Å². The van der Waals surface area contributed by atoms with Crippen molar-refractivity contribution >= 4 is 11.7 Å². The van der Waals surface area contributed by atoms with Crippen LogP contribution in [0.3, 0.4) is 0 Å². The highest BCUT2D eigenvalue weighted by Gasteiger charge is 2.15. The van der Waals surface area contributed by atoms with Gasteiger partial charge in [0.1, 0.15) is 11.5 Å². The molecule has 1 unspecified atom stereocenters. The Kier molecular flexibility index (Phi) is 4.22. The maximum atomic E-state index is 11.9. The number of aromatic nitrogens is 2. The van der Waals surface area contributed by atoms with Gasteiger partial charge in [-0.2, -0.15) is 0 Å². The molecule has 88 valence electrons. The molecule has 1 rings (SSSR count). The number of nitrogens with zero attached hydrogens (tertiary/aromatic N) is 3. The van der Waals surface area contributed by atoms with E-state index in [0.29, 0.717) is 17.4 Å². The first-order valence-electron chi connectivity index (χ1n) is 5.37. The van der Waals surface area contributed by atoms with E-state index in [-0.39, 0.29) is 5.91 Å². The molecule has 5 nitrogen and oxygen atoms in total. The monoisotopic (exact) mass is 222 g/mol. The van der Waals surface area contributed by atoms with Crippen molar-refractivity contribution in [3.05, 3.63) is 18.1 Å². The second-order valence-electron chi connectivity index (χ2n) is 4.03. The molecular weight excluding hydrogens is 204 g/mol. The molecule has 0 saturated heterocycles. The van der Waals surface area contributed by atoms with Gasteiger partial charge in [0.15, 0.2) is 0 Å². The minimum Gasteiger partial charge on any atom is -0.382 e. The highest BCUT2D eigenvalue weighted by Crippen LogP contribution is 2.06. The Morgan fingerprint density at radius 1 is 1.50 bits per heavy atom. The third-order valence-corrected chi connectivity index (χ3v) is 2.52. The fraction of sp³-hybridized carbons (Fsp3) is 0.545. The van der Waals surface area contributed by atoms with Gasteiger partial charge in [0, 0.05) is 13.6 Å². The highest BCUT2D eigenvalue weighted by molar-refractivity contribution is 5.91. The zero-order chi connectivity index (χ0) is 12.1. The number of nitrogen functional groups attached to an aromatic ring is 1. The Balaban J connectivity index is 2.67. The van der Waals surface area contributed by atoms with Crippen LogP contribution in [-0.4, -0.2) is 34.4 Å². The molecule has 2 N–H and O–H groups in total. The van der Waals surface area contributed by atoms with Crippen LogP contribution >= 0.6 is 0 Å². The standard InChI is InChI=1S/C11H18N4O/c1-4-8(2)7-15(3)11(16)9-5-14-10(12)6-13-9/h5-6,8H,4,7H2,1-3H3,(H2,12,14). The Hall–Kier alpha value is -1.65. The molecule has 1 aromatic rings. The average molecular weight is 222 g/mol. The van der Waals surface area contributed by atoms with Crippen molar-refractivity contribution in [1.82, 2.24) is 14.9 Å². The second kappa shape index (κ2) is 5.44.